The highest BCUT2D eigenvalue weighted by atomic mass is 16.2. The molecular weight excluding hydrogens is 364 g/mol. The van der Waals surface area contributed by atoms with E-state index in [1.807, 2.05) is 43.3 Å². The molecule has 0 radical (unpaired) electrons. The van der Waals surface area contributed by atoms with Crippen molar-refractivity contribution in [2.75, 3.05) is 13.6 Å². The van der Waals surface area contributed by atoms with Gasteiger partial charge >= 0.3 is 0 Å². The van der Waals surface area contributed by atoms with Crippen LogP contribution >= 0.6 is 0 Å². The first-order chi connectivity index (χ1) is 14.0. The van der Waals surface area contributed by atoms with E-state index in [0.717, 1.165) is 23.1 Å². The second-order valence-corrected chi connectivity index (χ2v) is 6.91. The van der Waals surface area contributed by atoms with Crippen molar-refractivity contribution in [1.29, 1.82) is 0 Å². The molecule has 2 heterocycles. The summed E-state index contributed by atoms with van der Waals surface area (Å²) in [5.41, 5.74) is 3.74. The topological polar surface area (TPSA) is 75.2 Å². The number of likely N-dealkylation sites (N-methyl/N-ethyl adjacent to an activating group) is 1. The number of carbonyl (C=O) groups excluding carboxylic acids is 2. The minimum absolute atomic E-state index is 0.215. The van der Waals surface area contributed by atoms with E-state index in [0.29, 0.717) is 13.1 Å². The fourth-order valence-electron chi connectivity index (χ4n) is 2.92. The molecule has 0 aliphatic carbocycles. The van der Waals surface area contributed by atoms with Gasteiger partial charge in [0.2, 0.25) is 0 Å². The smallest absolute Gasteiger partial charge is 0.272 e. The quantitative estimate of drug-likeness (QED) is 0.675. The number of benzene rings is 1. The van der Waals surface area contributed by atoms with Crippen LogP contribution in [0.5, 0.6) is 0 Å². The van der Waals surface area contributed by atoms with Crippen LogP contribution in [0.1, 0.15) is 37.7 Å². The summed E-state index contributed by atoms with van der Waals surface area (Å²) >= 11 is 0. The van der Waals surface area contributed by atoms with Crippen molar-refractivity contribution < 1.29 is 9.59 Å². The Morgan fingerprint density at radius 3 is 2.45 bits per heavy atom. The SMILES string of the molecule is Cc1cccc(CNC(=O)c2cccc(C(=O)N(C)CCc3ccncc3)n2)c1. The molecule has 2 amide bonds. The summed E-state index contributed by atoms with van der Waals surface area (Å²) in [6.07, 6.45) is 4.19. The highest BCUT2D eigenvalue weighted by Crippen LogP contribution is 2.07. The van der Waals surface area contributed by atoms with Gasteiger partial charge < -0.3 is 10.2 Å². The number of pyridine rings is 2. The Hall–Kier alpha value is -3.54. The Balaban J connectivity index is 1.60. The van der Waals surface area contributed by atoms with Crippen molar-refractivity contribution in [3.8, 4) is 0 Å². The lowest BCUT2D eigenvalue weighted by Crippen LogP contribution is -2.30. The summed E-state index contributed by atoms with van der Waals surface area (Å²) in [5.74, 6) is -0.520. The molecule has 0 fully saturated rings. The van der Waals surface area contributed by atoms with E-state index in [-0.39, 0.29) is 23.2 Å². The molecular formula is C23H24N4O2. The number of aromatic nitrogens is 2. The van der Waals surface area contributed by atoms with Gasteiger partial charge in [-0.1, -0.05) is 35.9 Å². The Morgan fingerprint density at radius 1 is 0.966 bits per heavy atom. The van der Waals surface area contributed by atoms with Gasteiger partial charge in [-0.25, -0.2) is 4.98 Å². The molecule has 6 nitrogen and oxygen atoms in total. The minimum Gasteiger partial charge on any atom is -0.347 e. The number of rotatable bonds is 7. The van der Waals surface area contributed by atoms with Crippen molar-refractivity contribution in [1.82, 2.24) is 20.2 Å². The molecule has 6 heteroatoms. The number of nitrogens with one attached hydrogen (secondary N) is 1. The average Bonchev–Trinajstić information content (AvgIpc) is 2.76. The Morgan fingerprint density at radius 2 is 1.69 bits per heavy atom. The van der Waals surface area contributed by atoms with Gasteiger partial charge in [0.25, 0.3) is 11.8 Å². The molecule has 0 aliphatic rings. The Labute approximate surface area is 170 Å². The van der Waals surface area contributed by atoms with Gasteiger partial charge in [-0.2, -0.15) is 0 Å². The van der Waals surface area contributed by atoms with Crippen LogP contribution in [0.15, 0.2) is 67.0 Å². The highest BCUT2D eigenvalue weighted by molar-refractivity contribution is 5.96. The summed E-state index contributed by atoms with van der Waals surface area (Å²) in [6, 6.07) is 16.7. The highest BCUT2D eigenvalue weighted by Gasteiger charge is 2.16. The second-order valence-electron chi connectivity index (χ2n) is 6.91. The van der Waals surface area contributed by atoms with E-state index in [9.17, 15) is 9.59 Å². The summed E-state index contributed by atoms with van der Waals surface area (Å²) in [7, 11) is 1.73. The molecule has 29 heavy (non-hydrogen) atoms. The molecule has 2 aromatic heterocycles. The lowest BCUT2D eigenvalue weighted by atomic mass is 10.1. The standard InChI is InChI=1S/C23H24N4O2/c1-17-5-3-6-19(15-17)16-25-22(28)20-7-4-8-21(26-20)23(29)27(2)14-11-18-9-12-24-13-10-18/h3-10,12-13,15H,11,14,16H2,1-2H3,(H,25,28). The van der Waals surface area contributed by atoms with Crippen molar-refractivity contribution in [2.45, 2.75) is 19.9 Å². The monoisotopic (exact) mass is 388 g/mol. The minimum atomic E-state index is -0.305. The Kier molecular flexibility index (Phi) is 6.68. The molecule has 3 aromatic rings. The molecule has 148 valence electrons. The molecule has 1 N–H and O–H groups in total. The van der Waals surface area contributed by atoms with Crippen molar-refractivity contribution in [3.63, 3.8) is 0 Å². The van der Waals surface area contributed by atoms with Gasteiger partial charge in [0.05, 0.1) is 0 Å². The van der Waals surface area contributed by atoms with Gasteiger partial charge in [-0.15, -0.1) is 0 Å². The molecule has 0 spiro atoms. The van der Waals surface area contributed by atoms with Crippen molar-refractivity contribution in [3.05, 3.63) is 95.1 Å². The van der Waals surface area contributed by atoms with Crippen molar-refractivity contribution >= 4 is 11.8 Å². The van der Waals surface area contributed by atoms with Gasteiger partial charge in [0, 0.05) is 32.5 Å². The van der Waals surface area contributed by atoms with Gasteiger partial charge in [-0.05, 0) is 48.7 Å². The molecule has 0 atom stereocenters. The van der Waals surface area contributed by atoms with Crippen LogP contribution < -0.4 is 5.32 Å². The first kappa shape index (κ1) is 20.2. The number of nitrogens with zero attached hydrogens (tertiary/aromatic N) is 3. The van der Waals surface area contributed by atoms with Crippen LogP contribution in [0.25, 0.3) is 0 Å². The van der Waals surface area contributed by atoms with Crippen molar-refractivity contribution in [2.24, 2.45) is 0 Å². The van der Waals surface area contributed by atoms with E-state index in [1.54, 1.807) is 42.5 Å². The maximum Gasteiger partial charge on any atom is 0.272 e. The number of hydrogen-bond donors (Lipinski definition) is 1. The fourth-order valence-corrected chi connectivity index (χ4v) is 2.92. The first-order valence-electron chi connectivity index (χ1n) is 9.48. The summed E-state index contributed by atoms with van der Waals surface area (Å²) < 4.78 is 0. The lowest BCUT2D eigenvalue weighted by molar-refractivity contribution is 0.0790. The van der Waals surface area contributed by atoms with E-state index in [1.165, 1.54) is 0 Å². The predicted molar refractivity (Wildman–Crippen MR) is 111 cm³/mol. The first-order valence-corrected chi connectivity index (χ1v) is 9.48. The maximum atomic E-state index is 12.7. The van der Waals surface area contributed by atoms with E-state index >= 15 is 0 Å². The summed E-state index contributed by atoms with van der Waals surface area (Å²) in [4.78, 5) is 35.0. The third-order valence-electron chi connectivity index (χ3n) is 4.57. The lowest BCUT2D eigenvalue weighted by Gasteiger charge is -2.17. The van der Waals surface area contributed by atoms with Crippen LogP contribution in [-0.4, -0.2) is 40.3 Å². The second kappa shape index (κ2) is 9.59. The van der Waals surface area contributed by atoms with E-state index < -0.39 is 0 Å². The maximum absolute atomic E-state index is 12.7. The molecule has 0 saturated carbocycles. The third kappa shape index (κ3) is 5.72. The third-order valence-corrected chi connectivity index (χ3v) is 4.57. The number of amides is 2. The molecule has 0 bridgehead atoms. The van der Waals surface area contributed by atoms with Crippen LogP contribution in [0.2, 0.25) is 0 Å². The molecule has 1 aromatic carbocycles. The van der Waals surface area contributed by atoms with Crippen LogP contribution in [-0.2, 0) is 13.0 Å². The largest absolute Gasteiger partial charge is 0.347 e. The van der Waals surface area contributed by atoms with E-state index in [2.05, 4.69) is 15.3 Å². The zero-order chi connectivity index (χ0) is 20.6. The average molecular weight is 388 g/mol. The van der Waals surface area contributed by atoms with Gasteiger partial charge in [-0.3, -0.25) is 14.6 Å². The number of hydrogen-bond acceptors (Lipinski definition) is 4. The summed E-state index contributed by atoms with van der Waals surface area (Å²) in [5, 5.41) is 2.85. The van der Waals surface area contributed by atoms with Gasteiger partial charge in [0.1, 0.15) is 11.4 Å². The zero-order valence-electron chi connectivity index (χ0n) is 16.6. The molecule has 0 unspecified atom stereocenters. The Bertz CT molecular complexity index is 989. The zero-order valence-corrected chi connectivity index (χ0v) is 16.6. The van der Waals surface area contributed by atoms with Crippen LogP contribution in [0.3, 0.4) is 0 Å². The number of aryl methyl sites for hydroxylation is 1. The van der Waals surface area contributed by atoms with E-state index in [4.69, 9.17) is 0 Å². The predicted octanol–water partition coefficient (Wildman–Crippen LogP) is 3.03. The fraction of sp³-hybridized carbons (Fsp3) is 0.217. The number of carbonyl (C=O) groups is 2. The molecule has 0 saturated heterocycles. The normalized spacial score (nSPS) is 10.4. The summed E-state index contributed by atoms with van der Waals surface area (Å²) in [6.45, 7) is 2.97. The van der Waals surface area contributed by atoms with Crippen LogP contribution in [0.4, 0.5) is 0 Å². The van der Waals surface area contributed by atoms with Gasteiger partial charge in [0.15, 0.2) is 0 Å². The molecule has 3 rings (SSSR count). The molecule has 0 aliphatic heterocycles. The van der Waals surface area contributed by atoms with Crippen LogP contribution in [0, 0.1) is 6.92 Å².